The fraction of sp³-hybridized carbons (Fsp3) is 0.250. The fourth-order valence-corrected chi connectivity index (χ4v) is 4.17. The maximum absolute atomic E-state index is 12.3. The summed E-state index contributed by atoms with van der Waals surface area (Å²) in [5.41, 5.74) is 2.80. The molecule has 0 saturated carbocycles. The molecule has 2 aromatic rings. The van der Waals surface area contributed by atoms with E-state index < -0.39 is 0 Å². The average Bonchev–Trinajstić information content (AvgIpc) is 2.89. The molecule has 7 heteroatoms. The lowest BCUT2D eigenvalue weighted by molar-refractivity contribution is -0.113. The number of nitrogens with zero attached hydrogens (tertiary/aromatic N) is 1. The molecule has 0 atom stereocenters. The van der Waals surface area contributed by atoms with Crippen molar-refractivity contribution in [3.05, 3.63) is 63.6 Å². The molecule has 0 aliphatic carbocycles. The van der Waals surface area contributed by atoms with Crippen LogP contribution >= 0.6 is 27.7 Å². The normalized spacial score (nSPS) is 13.0. The molecule has 0 radical (unpaired) electrons. The summed E-state index contributed by atoms with van der Waals surface area (Å²) in [4.78, 5) is 37.9. The number of amides is 3. The maximum Gasteiger partial charge on any atom is 0.261 e. The van der Waals surface area contributed by atoms with Crippen molar-refractivity contribution < 1.29 is 14.4 Å². The lowest BCUT2D eigenvalue weighted by Gasteiger charge is -2.13. The van der Waals surface area contributed by atoms with E-state index in [-0.39, 0.29) is 17.7 Å². The summed E-state index contributed by atoms with van der Waals surface area (Å²) in [6.07, 6.45) is 0.650. The van der Waals surface area contributed by atoms with Crippen molar-refractivity contribution in [3.8, 4) is 0 Å². The van der Waals surface area contributed by atoms with E-state index in [0.29, 0.717) is 35.6 Å². The minimum absolute atomic E-state index is 0.0784. The van der Waals surface area contributed by atoms with E-state index in [1.807, 2.05) is 25.1 Å². The maximum atomic E-state index is 12.3. The predicted octanol–water partition coefficient (Wildman–Crippen LogP) is 4.12. The quantitative estimate of drug-likeness (QED) is 0.513. The fourth-order valence-electron chi connectivity index (χ4n) is 2.84. The van der Waals surface area contributed by atoms with Crippen LogP contribution in [0.1, 0.15) is 32.7 Å². The minimum atomic E-state index is -0.234. The number of fused-ring (bicyclic) bond motifs is 1. The topological polar surface area (TPSA) is 66.5 Å². The monoisotopic (exact) mass is 446 g/mol. The van der Waals surface area contributed by atoms with Crippen LogP contribution in [0.3, 0.4) is 0 Å². The van der Waals surface area contributed by atoms with Gasteiger partial charge in [-0.05, 0) is 64.9 Å². The molecule has 0 bridgehead atoms. The van der Waals surface area contributed by atoms with Crippen LogP contribution in [0.4, 0.5) is 5.69 Å². The van der Waals surface area contributed by atoms with E-state index in [2.05, 4.69) is 21.2 Å². The second-order valence-corrected chi connectivity index (χ2v) is 8.20. The molecule has 0 aromatic heterocycles. The van der Waals surface area contributed by atoms with E-state index in [9.17, 15) is 14.4 Å². The molecule has 0 fully saturated rings. The molecule has 2 aromatic carbocycles. The van der Waals surface area contributed by atoms with Gasteiger partial charge in [-0.3, -0.25) is 19.3 Å². The van der Waals surface area contributed by atoms with Crippen LogP contribution in [-0.4, -0.2) is 40.7 Å². The second-order valence-electron chi connectivity index (χ2n) is 6.25. The third-order valence-electron chi connectivity index (χ3n) is 4.18. The number of anilines is 1. The minimum Gasteiger partial charge on any atom is -0.324 e. The van der Waals surface area contributed by atoms with Crippen LogP contribution in [-0.2, 0) is 4.79 Å². The smallest absolute Gasteiger partial charge is 0.261 e. The molecule has 27 heavy (non-hydrogen) atoms. The standard InChI is InChI=1S/C20H19BrN2O3S/c1-13-7-8-17(16(21)11-13)22-18(24)12-27-10-4-9-23-19(25)14-5-2-3-6-15(14)20(23)26/h2-3,5-8,11H,4,9-10,12H2,1H3,(H,22,24). The summed E-state index contributed by atoms with van der Waals surface area (Å²) in [5.74, 6) is 0.466. The van der Waals surface area contributed by atoms with E-state index in [0.717, 1.165) is 15.7 Å². The molecule has 140 valence electrons. The number of halogens is 1. The van der Waals surface area contributed by atoms with Crippen LogP contribution in [0.25, 0.3) is 0 Å². The van der Waals surface area contributed by atoms with E-state index in [1.165, 1.54) is 16.7 Å². The molecule has 3 rings (SSSR count). The number of benzene rings is 2. The van der Waals surface area contributed by atoms with E-state index in [1.54, 1.807) is 24.3 Å². The van der Waals surface area contributed by atoms with Crippen molar-refractivity contribution in [2.24, 2.45) is 0 Å². The molecule has 1 aliphatic heterocycles. The summed E-state index contributed by atoms with van der Waals surface area (Å²) in [7, 11) is 0. The summed E-state index contributed by atoms with van der Waals surface area (Å²) in [6, 6.07) is 12.6. The zero-order valence-corrected chi connectivity index (χ0v) is 17.2. The van der Waals surface area contributed by atoms with Gasteiger partial charge in [-0.1, -0.05) is 18.2 Å². The van der Waals surface area contributed by atoms with Gasteiger partial charge < -0.3 is 5.32 Å². The third-order valence-corrected chi connectivity index (χ3v) is 5.88. The number of aryl methyl sites for hydroxylation is 1. The number of hydrogen-bond donors (Lipinski definition) is 1. The number of carbonyl (C=O) groups excluding carboxylic acids is 3. The van der Waals surface area contributed by atoms with Crippen LogP contribution in [0.2, 0.25) is 0 Å². The van der Waals surface area contributed by atoms with E-state index >= 15 is 0 Å². The van der Waals surface area contributed by atoms with Crippen LogP contribution in [0.5, 0.6) is 0 Å². The third kappa shape index (κ3) is 4.59. The Labute approximate surface area is 170 Å². The first kappa shape index (κ1) is 19.6. The first-order valence-corrected chi connectivity index (χ1v) is 10.5. The Morgan fingerprint density at radius 2 is 1.78 bits per heavy atom. The Balaban J connectivity index is 1.40. The van der Waals surface area contributed by atoms with Crippen molar-refractivity contribution in [2.45, 2.75) is 13.3 Å². The van der Waals surface area contributed by atoms with Gasteiger partial charge in [-0.25, -0.2) is 0 Å². The summed E-state index contributed by atoms with van der Waals surface area (Å²) in [6.45, 7) is 2.35. The van der Waals surface area contributed by atoms with Crippen molar-refractivity contribution in [1.82, 2.24) is 4.90 Å². The summed E-state index contributed by atoms with van der Waals surface area (Å²) in [5, 5.41) is 2.87. The van der Waals surface area contributed by atoms with Gasteiger partial charge in [-0.15, -0.1) is 0 Å². The Morgan fingerprint density at radius 3 is 2.41 bits per heavy atom. The molecule has 1 heterocycles. The highest BCUT2D eigenvalue weighted by Gasteiger charge is 2.34. The number of carbonyl (C=O) groups is 3. The highest BCUT2D eigenvalue weighted by molar-refractivity contribution is 9.10. The molecule has 5 nitrogen and oxygen atoms in total. The number of rotatable bonds is 7. The lowest BCUT2D eigenvalue weighted by atomic mass is 10.1. The molecule has 1 N–H and O–H groups in total. The molecule has 3 amide bonds. The van der Waals surface area contributed by atoms with Crippen LogP contribution in [0, 0.1) is 6.92 Å². The van der Waals surface area contributed by atoms with Gasteiger partial charge in [0.25, 0.3) is 11.8 Å². The molecular weight excluding hydrogens is 428 g/mol. The van der Waals surface area contributed by atoms with Crippen molar-refractivity contribution in [3.63, 3.8) is 0 Å². The Kier molecular flexibility index (Phi) is 6.34. The van der Waals surface area contributed by atoms with Crippen LogP contribution < -0.4 is 5.32 Å². The molecule has 1 aliphatic rings. The second kappa shape index (κ2) is 8.71. The van der Waals surface area contributed by atoms with Crippen LogP contribution in [0.15, 0.2) is 46.9 Å². The van der Waals surface area contributed by atoms with Crippen molar-refractivity contribution >= 4 is 51.1 Å². The highest BCUT2D eigenvalue weighted by Crippen LogP contribution is 2.24. The zero-order valence-electron chi connectivity index (χ0n) is 14.8. The lowest BCUT2D eigenvalue weighted by Crippen LogP contribution is -2.31. The Morgan fingerprint density at radius 1 is 1.11 bits per heavy atom. The summed E-state index contributed by atoms with van der Waals surface area (Å²) < 4.78 is 0.853. The molecular formula is C20H19BrN2O3S. The molecule has 0 spiro atoms. The van der Waals surface area contributed by atoms with Crippen molar-refractivity contribution in [2.75, 3.05) is 23.4 Å². The number of nitrogens with one attached hydrogen (secondary N) is 1. The predicted molar refractivity (Wildman–Crippen MR) is 111 cm³/mol. The van der Waals surface area contributed by atoms with Crippen molar-refractivity contribution in [1.29, 1.82) is 0 Å². The Bertz CT molecular complexity index is 866. The summed E-state index contributed by atoms with van der Waals surface area (Å²) >= 11 is 4.92. The Hall–Kier alpha value is -2.12. The highest BCUT2D eigenvalue weighted by atomic mass is 79.9. The molecule has 0 unspecified atom stereocenters. The van der Waals surface area contributed by atoms with Gasteiger partial charge in [-0.2, -0.15) is 11.8 Å². The first-order chi connectivity index (χ1) is 13.0. The van der Waals surface area contributed by atoms with Gasteiger partial charge in [0, 0.05) is 11.0 Å². The zero-order chi connectivity index (χ0) is 19.4. The molecule has 0 saturated heterocycles. The number of hydrogen-bond acceptors (Lipinski definition) is 4. The first-order valence-electron chi connectivity index (χ1n) is 8.56. The largest absolute Gasteiger partial charge is 0.324 e. The van der Waals surface area contributed by atoms with Gasteiger partial charge >= 0.3 is 0 Å². The van der Waals surface area contributed by atoms with Gasteiger partial charge in [0.15, 0.2) is 0 Å². The van der Waals surface area contributed by atoms with Gasteiger partial charge in [0.05, 0.1) is 22.6 Å². The van der Waals surface area contributed by atoms with Gasteiger partial charge in [0.2, 0.25) is 5.91 Å². The SMILES string of the molecule is Cc1ccc(NC(=O)CSCCCN2C(=O)c3ccccc3C2=O)c(Br)c1. The average molecular weight is 447 g/mol. The number of thioether (sulfide) groups is 1. The van der Waals surface area contributed by atoms with E-state index in [4.69, 9.17) is 0 Å². The van der Waals surface area contributed by atoms with Gasteiger partial charge in [0.1, 0.15) is 0 Å². The number of imide groups is 1.